The van der Waals surface area contributed by atoms with Crippen molar-refractivity contribution < 1.29 is 60.9 Å². The standard InChI is InChI=1S/C25H28FN3O2S.2C22H23FN4OS.C15H18O2.C12H15NO2.C12H14O2/c1-3-10-27-11-7-24(30)29-13-8-18(9-14-29)23-16-20-25(32-23)22(6-12-28-20)31-21-5-4-17(2)15-19(21)26;1-4-8-24-12-15-13-26-22(27(15)3)20-11-17-21(29-20)19(7-9-25-17)28-18-6-5-14(2)10-16(18)23;1-3-7-24-9-10-27-14-16(13-26-27)21-12-18-22(29-21)20(6-8-25-18)28-19-5-4-15(2)11-17(19)23;1-3-13(16)15(8-9-15)14(17)10-12-6-4-11(2)5-7-12;1-3-11(14)9-12(15)13(2)10-7-5-4-6-8-10;1-2-11(13)9-12(14)8-10-6-4-3-5-7-10/h4-6,8,12,15-16,27H,3,7,9-11,13-14H2,1-2H3;5-7,9-11,13,24H,4,8,12H2,1-3H3;4-6,8,11-14,24H,3,7,9-10H2,1-2H3;4-7H,3,8-10H2,1-2H3;4-8H,3,9H2,1-2H3;3-7H,2,8-9H2,1H3. The first-order valence-electron chi connectivity index (χ1n) is 46.3. The number of halogens is 3. The molecule has 1 aliphatic carbocycles. The quantitative estimate of drug-likeness (QED) is 0.0241. The second kappa shape index (κ2) is 51.8. The molecule has 1 fully saturated rings. The van der Waals surface area contributed by atoms with Gasteiger partial charge < -0.3 is 44.5 Å². The number of carbonyl (C=O) groups is 7. The number of amides is 2. The number of para-hydroxylation sites is 1. The van der Waals surface area contributed by atoms with Crippen LogP contribution < -0.4 is 35.1 Å². The predicted molar refractivity (Wildman–Crippen MR) is 540 cm³/mol. The van der Waals surface area contributed by atoms with E-state index in [2.05, 4.69) is 78.5 Å². The number of aromatic nitrogens is 7. The first-order valence-corrected chi connectivity index (χ1v) is 48.8. The van der Waals surface area contributed by atoms with Crippen LogP contribution in [-0.4, -0.2) is 133 Å². The van der Waals surface area contributed by atoms with Gasteiger partial charge in [-0.05, 0) is 186 Å². The molecule has 712 valence electrons. The van der Waals surface area contributed by atoms with E-state index in [1.807, 2.05) is 185 Å². The number of imidazole rings is 1. The highest BCUT2D eigenvalue weighted by Gasteiger charge is 2.54. The number of ether oxygens (including phenoxy) is 3. The molecule has 0 saturated heterocycles. The first kappa shape index (κ1) is 104. The van der Waals surface area contributed by atoms with Crippen LogP contribution in [-0.2, 0) is 66.5 Å². The lowest BCUT2D eigenvalue weighted by Crippen LogP contribution is -2.36. The zero-order chi connectivity index (χ0) is 97.2. The van der Waals surface area contributed by atoms with Gasteiger partial charge in [0, 0.05) is 149 Å². The summed E-state index contributed by atoms with van der Waals surface area (Å²) < 4.78 is 67.0. The lowest BCUT2D eigenvalue weighted by atomic mass is 9.89. The van der Waals surface area contributed by atoms with E-state index in [0.29, 0.717) is 62.3 Å². The maximum absolute atomic E-state index is 14.3. The normalized spacial score (nSPS) is 12.3. The SMILES string of the molecule is CCC(=O)C1(C(=O)Cc2ccc(C)cc2)CC1.CCC(=O)CC(=O)Cc1ccccc1.CCC(=O)CC(=O)N(C)c1ccccc1.CCCNCCC(=O)N1CC=C(c2cc3nccc(Oc4ccc(C)cc4F)c3s2)CC1.CCCNCCn1cc(-c2cc3nccc(Oc4ccc(C)cc4F)c3s2)cn1.CCCNCc1cnc(-c2cc3nccc(Oc4ccc(C)cc4F)c3s2)n1C. The molecule has 28 heteroatoms. The highest BCUT2D eigenvalue weighted by atomic mass is 32.1. The number of nitrogens with one attached hydrogen (secondary N) is 3. The van der Waals surface area contributed by atoms with Crippen LogP contribution in [0.15, 0.2) is 219 Å². The molecule has 2 amide bonds. The monoisotopic (exact) mass is 1900 g/mol. The molecule has 1 saturated carbocycles. The lowest BCUT2D eigenvalue weighted by Gasteiger charge is -2.26. The summed E-state index contributed by atoms with van der Waals surface area (Å²) in [7, 11) is 3.70. The number of hydrogen-bond acceptors (Lipinski definition) is 21. The molecule has 0 spiro atoms. The molecule has 1 aliphatic heterocycles. The number of pyridine rings is 3. The molecule has 0 radical (unpaired) electrons. The Bertz CT molecular complexity index is 6410. The van der Waals surface area contributed by atoms with E-state index in [1.165, 1.54) is 34.2 Å². The number of aryl methyl sites for hydroxylation is 4. The Kier molecular flexibility index (Phi) is 39.4. The first-order chi connectivity index (χ1) is 65.7. The Morgan fingerprint density at radius 3 is 1.48 bits per heavy atom. The molecule has 0 bridgehead atoms. The maximum Gasteiger partial charge on any atom is 0.234 e. The van der Waals surface area contributed by atoms with Crippen LogP contribution >= 0.6 is 34.0 Å². The van der Waals surface area contributed by atoms with E-state index in [4.69, 9.17) is 14.2 Å². The summed E-state index contributed by atoms with van der Waals surface area (Å²) in [4.78, 5) is 106. The molecular formula is C108H121F3N12O10S3. The third-order valence-corrected chi connectivity index (χ3v) is 26.2. The van der Waals surface area contributed by atoms with Crippen LogP contribution in [0.2, 0.25) is 0 Å². The third-order valence-electron chi connectivity index (χ3n) is 22.7. The molecule has 3 N–H and O–H groups in total. The van der Waals surface area contributed by atoms with Crippen molar-refractivity contribution in [1.29, 1.82) is 0 Å². The van der Waals surface area contributed by atoms with Crippen molar-refractivity contribution in [2.75, 3.05) is 57.8 Å². The smallest absolute Gasteiger partial charge is 0.234 e. The van der Waals surface area contributed by atoms with Crippen molar-refractivity contribution in [3.05, 3.63) is 281 Å². The van der Waals surface area contributed by atoms with E-state index in [-0.39, 0.29) is 88.3 Å². The van der Waals surface area contributed by atoms with Gasteiger partial charge in [-0.25, -0.2) is 18.2 Å². The van der Waals surface area contributed by atoms with Crippen LogP contribution in [0.1, 0.15) is 163 Å². The van der Waals surface area contributed by atoms with E-state index in [9.17, 15) is 46.7 Å². The Labute approximate surface area is 806 Å². The fraction of sp³-hybridized carbons (Fsp3) is 0.333. The summed E-state index contributed by atoms with van der Waals surface area (Å²) in [5.41, 5.74) is 11.8. The molecule has 0 unspecified atom stereocenters. The van der Waals surface area contributed by atoms with Gasteiger partial charge in [0.1, 0.15) is 46.2 Å². The molecule has 22 nitrogen and oxygen atoms in total. The van der Waals surface area contributed by atoms with Gasteiger partial charge in [-0.15, -0.1) is 34.0 Å². The number of carbonyl (C=O) groups excluding carboxylic acids is 7. The second-order valence-corrected chi connectivity index (χ2v) is 36.6. The van der Waals surface area contributed by atoms with Crippen molar-refractivity contribution >= 4 is 117 Å². The topological polar surface area (TPSA) is 264 Å². The molecule has 8 aromatic heterocycles. The Hall–Kier alpha value is -12.8. The molecule has 6 aromatic carbocycles. The molecule has 2 aliphatic rings. The largest absolute Gasteiger partial charge is 0.453 e. The summed E-state index contributed by atoms with van der Waals surface area (Å²) in [5, 5.41) is 14.5. The number of fused-ring (bicyclic) bond motifs is 3. The van der Waals surface area contributed by atoms with Crippen LogP contribution in [0.5, 0.6) is 34.5 Å². The number of nitrogens with zero attached hydrogens (tertiary/aromatic N) is 9. The number of hydrogen-bond donors (Lipinski definition) is 3. The van der Waals surface area contributed by atoms with Crippen molar-refractivity contribution in [2.45, 2.75) is 172 Å². The van der Waals surface area contributed by atoms with Gasteiger partial charge in [0.25, 0.3) is 0 Å². The lowest BCUT2D eigenvalue weighted by molar-refractivity contribution is -0.134. The van der Waals surface area contributed by atoms with Gasteiger partial charge in [-0.2, -0.15) is 5.10 Å². The number of benzene rings is 6. The minimum atomic E-state index is -0.611. The fourth-order valence-corrected chi connectivity index (χ4v) is 17.9. The fourth-order valence-electron chi connectivity index (χ4n) is 14.6. The zero-order valence-electron chi connectivity index (χ0n) is 79.5. The van der Waals surface area contributed by atoms with Crippen LogP contribution in [0.25, 0.3) is 57.4 Å². The number of ketones is 5. The van der Waals surface area contributed by atoms with Gasteiger partial charge in [-0.1, -0.05) is 144 Å². The van der Waals surface area contributed by atoms with Crippen LogP contribution in [0.4, 0.5) is 18.9 Å². The van der Waals surface area contributed by atoms with Crippen LogP contribution in [0.3, 0.4) is 0 Å². The van der Waals surface area contributed by atoms with E-state index >= 15 is 0 Å². The van der Waals surface area contributed by atoms with Gasteiger partial charge in [0.05, 0.1) is 78.4 Å². The average Bonchev–Trinajstić information content (AvgIpc) is 1.61. The Morgan fingerprint density at radius 1 is 0.485 bits per heavy atom. The molecule has 16 rings (SSSR count). The van der Waals surface area contributed by atoms with Crippen molar-refractivity contribution in [2.24, 2.45) is 12.5 Å². The second-order valence-electron chi connectivity index (χ2n) is 33.5. The third kappa shape index (κ3) is 29.8. The van der Waals surface area contributed by atoms with E-state index < -0.39 is 5.41 Å². The summed E-state index contributed by atoms with van der Waals surface area (Å²) >= 11 is 4.72. The van der Waals surface area contributed by atoms with E-state index in [0.717, 1.165) is 187 Å². The van der Waals surface area contributed by atoms with Crippen molar-refractivity contribution in [3.63, 3.8) is 0 Å². The van der Waals surface area contributed by atoms with Crippen molar-refractivity contribution in [1.82, 2.24) is 55.1 Å². The minimum absolute atomic E-state index is 0.00282. The molecule has 136 heavy (non-hydrogen) atoms. The van der Waals surface area contributed by atoms with Crippen molar-refractivity contribution in [3.8, 4) is 55.6 Å². The Balaban J connectivity index is 0.000000161. The summed E-state index contributed by atoms with van der Waals surface area (Å²) in [5.74, 6) is 2.43. The average molecular weight is 1900 g/mol. The van der Waals surface area contributed by atoms with Crippen LogP contribution in [0, 0.1) is 50.6 Å². The summed E-state index contributed by atoms with van der Waals surface area (Å²) in [6.07, 6.45) is 21.3. The number of anilines is 1. The van der Waals surface area contributed by atoms with Gasteiger partial charge in [0.2, 0.25) is 11.8 Å². The van der Waals surface area contributed by atoms with Gasteiger partial charge in [-0.3, -0.25) is 53.2 Å². The summed E-state index contributed by atoms with van der Waals surface area (Å²) in [6.45, 7) is 26.9. The molecule has 9 heterocycles. The Morgan fingerprint density at radius 2 is 0.971 bits per heavy atom. The predicted octanol–water partition coefficient (Wildman–Crippen LogP) is 23.4. The van der Waals surface area contributed by atoms with Gasteiger partial charge >= 0.3 is 0 Å². The van der Waals surface area contributed by atoms with E-state index in [1.54, 1.807) is 110 Å². The summed E-state index contributed by atoms with van der Waals surface area (Å²) in [6, 6.07) is 53.0. The molecular weight excluding hydrogens is 1780 g/mol. The highest BCUT2D eigenvalue weighted by molar-refractivity contribution is 7.23. The molecule has 0 atom stereocenters. The maximum atomic E-state index is 14.3. The number of thiophene rings is 3. The molecule has 14 aromatic rings. The highest BCUT2D eigenvalue weighted by Crippen LogP contribution is 2.49. The number of Topliss-reactive ketones (excluding diaryl/α,β-unsaturated/α-hetero) is 5. The minimum Gasteiger partial charge on any atom is -0.453 e. The van der Waals surface area contributed by atoms with Gasteiger partial charge in [0.15, 0.2) is 40.5 Å². The number of rotatable bonds is 37. The zero-order valence-corrected chi connectivity index (χ0v) is 82.0.